The van der Waals surface area contributed by atoms with Crippen molar-refractivity contribution in [2.75, 3.05) is 5.32 Å². The van der Waals surface area contributed by atoms with E-state index in [0.29, 0.717) is 11.3 Å². The van der Waals surface area contributed by atoms with E-state index >= 15 is 0 Å². The summed E-state index contributed by atoms with van der Waals surface area (Å²) in [5.41, 5.74) is 2.97. The van der Waals surface area contributed by atoms with Crippen molar-refractivity contribution in [2.45, 2.75) is 26.3 Å². The second kappa shape index (κ2) is 7.41. The number of benzene rings is 2. The van der Waals surface area contributed by atoms with E-state index in [0.717, 1.165) is 11.1 Å². The van der Waals surface area contributed by atoms with E-state index in [1.807, 2.05) is 30.3 Å². The molecule has 0 spiro atoms. The molecule has 0 aliphatic carbocycles. The minimum absolute atomic E-state index is 0.0281. The number of nitro benzene ring substituents is 1. The molecule has 138 valence electrons. The lowest BCUT2D eigenvalue weighted by Crippen LogP contribution is -2.33. The molecule has 0 unspecified atom stereocenters. The molecule has 1 aliphatic heterocycles. The average Bonchev–Trinajstić information content (AvgIpc) is 2.63. The zero-order valence-corrected chi connectivity index (χ0v) is 15.0. The molecule has 27 heavy (non-hydrogen) atoms. The normalized spacial score (nSPS) is 15.2. The predicted octanol–water partition coefficient (Wildman–Crippen LogP) is 3.81. The van der Waals surface area contributed by atoms with Crippen molar-refractivity contribution in [1.29, 1.82) is 0 Å². The van der Waals surface area contributed by atoms with E-state index in [1.165, 1.54) is 25.1 Å². The first-order chi connectivity index (χ1) is 12.9. The van der Waals surface area contributed by atoms with Crippen LogP contribution in [0.3, 0.4) is 0 Å². The maximum atomic E-state index is 12.6. The summed E-state index contributed by atoms with van der Waals surface area (Å²) < 4.78 is 0. The maximum Gasteiger partial charge on any atom is 0.269 e. The van der Waals surface area contributed by atoms with Gasteiger partial charge in [0.25, 0.3) is 5.69 Å². The van der Waals surface area contributed by atoms with Gasteiger partial charge in [0.1, 0.15) is 0 Å². The first-order valence-corrected chi connectivity index (χ1v) is 8.47. The Morgan fingerprint density at radius 2 is 1.96 bits per heavy atom. The molecule has 1 aliphatic rings. The number of carbonyl (C=O) groups is 2. The molecule has 7 nitrogen and oxygen atoms in total. The van der Waals surface area contributed by atoms with Gasteiger partial charge in [-0.2, -0.15) is 0 Å². The number of hydrogen-bond acceptors (Lipinski definition) is 4. The van der Waals surface area contributed by atoms with E-state index in [2.05, 4.69) is 5.32 Å². The molecule has 2 aromatic rings. The Balaban J connectivity index is 1.81. The van der Waals surface area contributed by atoms with Gasteiger partial charge in [-0.25, -0.2) is 0 Å². The van der Waals surface area contributed by atoms with Gasteiger partial charge in [0.05, 0.1) is 17.4 Å². The topological polar surface area (TPSA) is 92.6 Å². The summed E-state index contributed by atoms with van der Waals surface area (Å²) in [5.74, 6) is -0.418. The molecule has 1 heterocycles. The Bertz CT molecular complexity index is 952. The molecule has 7 heteroatoms. The molecule has 0 fully saturated rings. The second-order valence-corrected chi connectivity index (χ2v) is 6.40. The summed E-state index contributed by atoms with van der Waals surface area (Å²) in [5, 5.41) is 13.6. The third-order valence-corrected chi connectivity index (χ3v) is 4.54. The molecule has 0 aromatic heterocycles. The number of aryl methyl sites for hydroxylation is 1. The molecule has 0 saturated carbocycles. The third kappa shape index (κ3) is 3.87. The summed E-state index contributed by atoms with van der Waals surface area (Å²) in [6.45, 7) is 3.16. The van der Waals surface area contributed by atoms with Gasteiger partial charge in [0.15, 0.2) is 0 Å². The zero-order chi connectivity index (χ0) is 19.6. The maximum absolute atomic E-state index is 12.6. The molecule has 2 aromatic carbocycles. The van der Waals surface area contributed by atoms with Crippen molar-refractivity contribution < 1.29 is 14.5 Å². The number of rotatable bonds is 4. The van der Waals surface area contributed by atoms with Crippen LogP contribution in [-0.2, 0) is 9.59 Å². The van der Waals surface area contributed by atoms with Crippen LogP contribution in [-0.4, -0.2) is 21.6 Å². The Hall–Kier alpha value is -3.48. The lowest BCUT2D eigenvalue weighted by atomic mass is 9.93. The monoisotopic (exact) mass is 365 g/mol. The van der Waals surface area contributed by atoms with Gasteiger partial charge in [0, 0.05) is 30.9 Å². The fraction of sp³-hybridized carbons (Fsp3) is 0.200. The lowest BCUT2D eigenvalue weighted by molar-refractivity contribution is -0.384. The molecule has 1 N–H and O–H groups in total. The van der Waals surface area contributed by atoms with E-state index in [-0.39, 0.29) is 23.9 Å². The number of non-ortho nitro benzene ring substituents is 1. The van der Waals surface area contributed by atoms with Gasteiger partial charge in [-0.1, -0.05) is 24.3 Å². The number of amides is 2. The van der Waals surface area contributed by atoms with Crippen molar-refractivity contribution >= 4 is 29.3 Å². The van der Waals surface area contributed by atoms with Crippen LogP contribution in [0.15, 0.2) is 48.7 Å². The van der Waals surface area contributed by atoms with E-state index < -0.39 is 11.0 Å². The summed E-state index contributed by atoms with van der Waals surface area (Å²) >= 11 is 0. The highest BCUT2D eigenvalue weighted by Gasteiger charge is 2.28. The van der Waals surface area contributed by atoms with Crippen LogP contribution in [0.5, 0.6) is 0 Å². The molecular weight excluding hydrogens is 346 g/mol. The largest absolute Gasteiger partial charge is 0.326 e. The van der Waals surface area contributed by atoms with E-state index in [1.54, 1.807) is 18.0 Å². The smallest absolute Gasteiger partial charge is 0.269 e. The van der Waals surface area contributed by atoms with Gasteiger partial charge >= 0.3 is 0 Å². The Labute approximate surface area is 156 Å². The summed E-state index contributed by atoms with van der Waals surface area (Å²) in [4.78, 5) is 36.5. The van der Waals surface area contributed by atoms with Crippen LogP contribution in [0.4, 0.5) is 11.4 Å². The van der Waals surface area contributed by atoms with Crippen molar-refractivity contribution in [1.82, 2.24) is 4.90 Å². The highest BCUT2D eigenvalue weighted by molar-refractivity contribution is 5.93. The lowest BCUT2D eigenvalue weighted by Gasteiger charge is -2.32. The number of carbonyl (C=O) groups excluding carboxylic acids is 2. The predicted molar refractivity (Wildman–Crippen MR) is 102 cm³/mol. The van der Waals surface area contributed by atoms with Crippen molar-refractivity contribution in [3.63, 3.8) is 0 Å². The minimum Gasteiger partial charge on any atom is -0.326 e. The fourth-order valence-corrected chi connectivity index (χ4v) is 3.19. The number of nitro groups is 1. The minimum atomic E-state index is -0.478. The molecule has 0 bridgehead atoms. The Morgan fingerprint density at radius 3 is 2.63 bits per heavy atom. The van der Waals surface area contributed by atoms with Crippen LogP contribution in [0, 0.1) is 17.0 Å². The van der Waals surface area contributed by atoms with E-state index in [4.69, 9.17) is 0 Å². The van der Waals surface area contributed by atoms with Crippen molar-refractivity contribution in [3.05, 3.63) is 75.5 Å². The molecular formula is C20H19N3O4. The molecule has 0 radical (unpaired) electrons. The zero-order valence-electron chi connectivity index (χ0n) is 15.0. The van der Waals surface area contributed by atoms with Crippen LogP contribution in [0.2, 0.25) is 0 Å². The Morgan fingerprint density at radius 1 is 1.22 bits per heavy atom. The van der Waals surface area contributed by atoms with Gasteiger partial charge in [-0.05, 0) is 35.8 Å². The quantitative estimate of drug-likeness (QED) is 0.659. The SMILES string of the molecule is CC(=O)N1C=Cc2ccccc2[C@H]1CC(=O)Nc1ccc([N+](=O)[O-])cc1C. The van der Waals surface area contributed by atoms with Crippen LogP contribution >= 0.6 is 0 Å². The first kappa shape index (κ1) is 18.3. The summed E-state index contributed by atoms with van der Waals surface area (Å²) in [6.07, 6.45) is 3.63. The van der Waals surface area contributed by atoms with Gasteiger partial charge in [-0.3, -0.25) is 19.7 Å². The van der Waals surface area contributed by atoms with Crippen molar-refractivity contribution in [3.8, 4) is 0 Å². The standard InChI is InChI=1S/C20H19N3O4/c1-13-11-16(23(26)27)7-8-18(13)21-20(25)12-19-17-6-4-3-5-15(17)9-10-22(19)14(2)24/h3-11,19H,12H2,1-2H3,(H,21,25)/t19-/m1/s1. The van der Waals surface area contributed by atoms with Gasteiger partial charge in [0.2, 0.25) is 11.8 Å². The first-order valence-electron chi connectivity index (χ1n) is 8.47. The highest BCUT2D eigenvalue weighted by atomic mass is 16.6. The molecule has 1 atom stereocenters. The van der Waals surface area contributed by atoms with Gasteiger partial charge < -0.3 is 10.2 Å². The number of fused-ring (bicyclic) bond motifs is 1. The Kier molecular flexibility index (Phi) is 5.03. The fourth-order valence-electron chi connectivity index (χ4n) is 3.19. The summed E-state index contributed by atoms with van der Waals surface area (Å²) in [7, 11) is 0. The number of nitrogens with one attached hydrogen (secondary N) is 1. The number of nitrogens with zero attached hydrogens (tertiary/aromatic N) is 2. The molecule has 3 rings (SSSR count). The summed E-state index contributed by atoms with van der Waals surface area (Å²) in [6, 6.07) is 11.5. The van der Waals surface area contributed by atoms with Crippen LogP contribution in [0.25, 0.3) is 6.08 Å². The molecule has 0 saturated heterocycles. The van der Waals surface area contributed by atoms with Gasteiger partial charge in [-0.15, -0.1) is 0 Å². The number of hydrogen-bond donors (Lipinski definition) is 1. The van der Waals surface area contributed by atoms with E-state index in [9.17, 15) is 19.7 Å². The highest BCUT2D eigenvalue weighted by Crippen LogP contribution is 2.33. The average molecular weight is 365 g/mol. The van der Waals surface area contributed by atoms with Crippen LogP contribution in [0.1, 0.15) is 36.1 Å². The van der Waals surface area contributed by atoms with Crippen LogP contribution < -0.4 is 5.32 Å². The molecule has 2 amide bonds. The number of anilines is 1. The van der Waals surface area contributed by atoms with Crippen molar-refractivity contribution in [2.24, 2.45) is 0 Å². The third-order valence-electron chi connectivity index (χ3n) is 4.54. The second-order valence-electron chi connectivity index (χ2n) is 6.40.